The number of unbranched alkanes of at least 4 members (excludes halogenated alkanes) is 1. The maximum absolute atomic E-state index is 12.7. The van der Waals surface area contributed by atoms with E-state index in [4.69, 9.17) is 11.5 Å². The third kappa shape index (κ3) is 8.62. The first-order valence-corrected chi connectivity index (χ1v) is 10.1. The Morgan fingerprint density at radius 1 is 1.07 bits per heavy atom. The van der Waals surface area contributed by atoms with Gasteiger partial charge in [0.05, 0.1) is 6.04 Å². The first-order valence-electron chi connectivity index (χ1n) is 10.1. The molecular weight excluding hydrogens is 372 g/mol. The predicted octanol–water partition coefficient (Wildman–Crippen LogP) is 0.786. The highest BCUT2D eigenvalue weighted by Crippen LogP contribution is 2.10. The average Bonchev–Trinajstić information content (AvgIpc) is 2.70. The number of nitrogens with one attached hydrogen (secondary N) is 2. The number of amides is 2. The second-order valence-electron chi connectivity index (χ2n) is 7.35. The van der Waals surface area contributed by atoms with E-state index >= 15 is 0 Å². The standard InChI is InChI=1S/C21H34N4O4/c1-3-14(2)18(21(28)29)25-20(27)17(11-7-8-12-22)24-19(26)16(23)13-15-9-5-4-6-10-15/h4-6,9-10,14,16-18H,3,7-8,11-13,22-23H2,1-2H3,(H,24,26)(H,25,27)(H,28,29)/t14-,16-,17-,18-/m0/s1. The molecule has 0 aliphatic rings. The maximum atomic E-state index is 12.7. The van der Waals surface area contributed by atoms with Crippen LogP contribution in [0.3, 0.4) is 0 Å². The first kappa shape index (κ1) is 24.6. The van der Waals surface area contributed by atoms with Crippen molar-refractivity contribution in [1.29, 1.82) is 0 Å². The summed E-state index contributed by atoms with van der Waals surface area (Å²) in [4.78, 5) is 36.8. The molecule has 0 aromatic heterocycles. The zero-order valence-electron chi connectivity index (χ0n) is 17.3. The van der Waals surface area contributed by atoms with E-state index in [1.54, 1.807) is 6.92 Å². The molecule has 0 saturated heterocycles. The Morgan fingerprint density at radius 2 is 1.72 bits per heavy atom. The van der Waals surface area contributed by atoms with E-state index in [-0.39, 0.29) is 5.92 Å². The highest BCUT2D eigenvalue weighted by Gasteiger charge is 2.30. The van der Waals surface area contributed by atoms with Crippen LogP contribution in [0.5, 0.6) is 0 Å². The van der Waals surface area contributed by atoms with Crippen LogP contribution in [0.25, 0.3) is 0 Å². The van der Waals surface area contributed by atoms with E-state index in [1.807, 2.05) is 37.3 Å². The third-order valence-electron chi connectivity index (χ3n) is 4.99. The molecule has 0 saturated carbocycles. The second kappa shape index (κ2) is 12.9. The van der Waals surface area contributed by atoms with Crippen molar-refractivity contribution >= 4 is 17.8 Å². The Labute approximate surface area is 172 Å². The number of carboxylic acids is 1. The van der Waals surface area contributed by atoms with Crippen LogP contribution in [0.15, 0.2) is 30.3 Å². The van der Waals surface area contributed by atoms with E-state index in [0.29, 0.717) is 38.6 Å². The summed E-state index contributed by atoms with van der Waals surface area (Å²) in [5.74, 6) is -2.30. The lowest BCUT2D eigenvalue weighted by Gasteiger charge is -2.25. The zero-order valence-corrected chi connectivity index (χ0v) is 17.3. The number of benzene rings is 1. The van der Waals surface area contributed by atoms with Crippen molar-refractivity contribution in [3.8, 4) is 0 Å². The molecule has 0 radical (unpaired) electrons. The van der Waals surface area contributed by atoms with Crippen LogP contribution in [0, 0.1) is 5.92 Å². The Bertz CT molecular complexity index is 653. The molecule has 4 atom stereocenters. The summed E-state index contributed by atoms with van der Waals surface area (Å²) < 4.78 is 0. The Morgan fingerprint density at radius 3 is 2.28 bits per heavy atom. The number of nitrogens with two attached hydrogens (primary N) is 2. The Hall–Kier alpha value is -2.45. The molecule has 0 bridgehead atoms. The molecule has 1 rings (SSSR count). The fourth-order valence-electron chi connectivity index (χ4n) is 2.94. The van der Waals surface area contributed by atoms with Gasteiger partial charge in [0.2, 0.25) is 11.8 Å². The topological polar surface area (TPSA) is 148 Å². The molecule has 8 heteroatoms. The molecule has 0 spiro atoms. The largest absolute Gasteiger partial charge is 0.480 e. The van der Waals surface area contributed by atoms with Gasteiger partial charge in [-0.25, -0.2) is 4.79 Å². The highest BCUT2D eigenvalue weighted by atomic mass is 16.4. The van der Waals surface area contributed by atoms with E-state index in [2.05, 4.69) is 10.6 Å². The fraction of sp³-hybridized carbons (Fsp3) is 0.571. The molecule has 0 fully saturated rings. The van der Waals surface area contributed by atoms with E-state index in [1.165, 1.54) is 0 Å². The fourth-order valence-corrected chi connectivity index (χ4v) is 2.94. The minimum Gasteiger partial charge on any atom is -0.480 e. The molecule has 29 heavy (non-hydrogen) atoms. The first-order chi connectivity index (χ1) is 13.8. The molecule has 7 N–H and O–H groups in total. The lowest BCUT2D eigenvalue weighted by molar-refractivity contribution is -0.143. The highest BCUT2D eigenvalue weighted by molar-refractivity contribution is 5.91. The number of hydrogen-bond acceptors (Lipinski definition) is 5. The van der Waals surface area contributed by atoms with Gasteiger partial charge in [0.25, 0.3) is 0 Å². The van der Waals surface area contributed by atoms with E-state index < -0.39 is 35.9 Å². The molecule has 1 aromatic rings. The van der Waals surface area contributed by atoms with Crippen LogP contribution in [-0.4, -0.2) is 47.6 Å². The second-order valence-corrected chi connectivity index (χ2v) is 7.35. The van der Waals surface area contributed by atoms with Gasteiger partial charge < -0.3 is 27.2 Å². The minimum atomic E-state index is -1.10. The average molecular weight is 407 g/mol. The van der Waals surface area contributed by atoms with E-state index in [0.717, 1.165) is 5.56 Å². The van der Waals surface area contributed by atoms with Crippen molar-refractivity contribution in [2.45, 2.75) is 64.1 Å². The summed E-state index contributed by atoms with van der Waals surface area (Å²) in [6, 6.07) is 6.68. The van der Waals surface area contributed by atoms with Crippen LogP contribution < -0.4 is 22.1 Å². The van der Waals surface area contributed by atoms with Crippen LogP contribution >= 0.6 is 0 Å². The Kier molecular flexibility index (Phi) is 10.9. The van der Waals surface area contributed by atoms with Crippen LogP contribution in [0.4, 0.5) is 0 Å². The summed E-state index contributed by atoms with van der Waals surface area (Å²) in [5.41, 5.74) is 12.5. The smallest absolute Gasteiger partial charge is 0.326 e. The summed E-state index contributed by atoms with van der Waals surface area (Å²) in [6.07, 6.45) is 2.63. The van der Waals surface area contributed by atoms with Crippen LogP contribution in [0.1, 0.15) is 45.1 Å². The molecule has 0 unspecified atom stereocenters. The number of aliphatic carboxylic acids is 1. The zero-order chi connectivity index (χ0) is 21.8. The number of carbonyl (C=O) groups excluding carboxylic acids is 2. The van der Waals surface area contributed by atoms with Crippen molar-refractivity contribution in [3.63, 3.8) is 0 Å². The van der Waals surface area contributed by atoms with Crippen molar-refractivity contribution in [2.24, 2.45) is 17.4 Å². The van der Waals surface area contributed by atoms with Gasteiger partial charge >= 0.3 is 5.97 Å². The maximum Gasteiger partial charge on any atom is 0.326 e. The molecule has 0 heterocycles. The number of carboxylic acid groups (broad SMARTS) is 1. The molecule has 8 nitrogen and oxygen atoms in total. The molecule has 0 aliphatic heterocycles. The van der Waals surface area contributed by atoms with Crippen molar-refractivity contribution in [1.82, 2.24) is 10.6 Å². The number of carbonyl (C=O) groups is 3. The van der Waals surface area contributed by atoms with Gasteiger partial charge in [-0.15, -0.1) is 0 Å². The Balaban J connectivity index is 2.80. The minimum absolute atomic E-state index is 0.239. The SMILES string of the molecule is CC[C@H](C)[C@H](NC(=O)[C@H](CCCCN)NC(=O)[C@@H](N)Cc1ccccc1)C(=O)O. The summed E-state index contributed by atoms with van der Waals surface area (Å²) in [7, 11) is 0. The van der Waals surface area contributed by atoms with Gasteiger partial charge in [0.1, 0.15) is 12.1 Å². The van der Waals surface area contributed by atoms with Crippen LogP contribution in [0.2, 0.25) is 0 Å². The van der Waals surface area contributed by atoms with Gasteiger partial charge in [0.15, 0.2) is 0 Å². The molecule has 1 aromatic carbocycles. The van der Waals surface area contributed by atoms with Gasteiger partial charge in [0, 0.05) is 0 Å². The van der Waals surface area contributed by atoms with E-state index in [9.17, 15) is 19.5 Å². The van der Waals surface area contributed by atoms with Crippen molar-refractivity contribution in [3.05, 3.63) is 35.9 Å². The quantitative estimate of drug-likeness (QED) is 0.306. The third-order valence-corrected chi connectivity index (χ3v) is 4.99. The number of hydrogen-bond donors (Lipinski definition) is 5. The predicted molar refractivity (Wildman–Crippen MR) is 112 cm³/mol. The van der Waals surface area contributed by atoms with Gasteiger partial charge in [-0.1, -0.05) is 50.6 Å². The molecule has 0 aliphatic carbocycles. The van der Waals surface area contributed by atoms with Gasteiger partial charge in [-0.3, -0.25) is 9.59 Å². The van der Waals surface area contributed by atoms with Gasteiger partial charge in [-0.2, -0.15) is 0 Å². The lowest BCUT2D eigenvalue weighted by Crippen LogP contribution is -2.55. The summed E-state index contributed by atoms with van der Waals surface area (Å²) >= 11 is 0. The summed E-state index contributed by atoms with van der Waals surface area (Å²) in [6.45, 7) is 4.09. The molecule has 162 valence electrons. The summed E-state index contributed by atoms with van der Waals surface area (Å²) in [5, 5.41) is 14.7. The van der Waals surface area contributed by atoms with Crippen LogP contribution in [-0.2, 0) is 20.8 Å². The lowest BCUT2D eigenvalue weighted by atomic mass is 9.98. The van der Waals surface area contributed by atoms with Gasteiger partial charge in [-0.05, 0) is 43.7 Å². The normalized spacial score (nSPS) is 15.0. The monoisotopic (exact) mass is 406 g/mol. The van der Waals surface area contributed by atoms with Crippen molar-refractivity contribution < 1.29 is 19.5 Å². The molecular formula is C21H34N4O4. The number of rotatable bonds is 13. The van der Waals surface area contributed by atoms with Crippen molar-refractivity contribution in [2.75, 3.05) is 6.54 Å². The molecule has 2 amide bonds.